The number of carbonyl (C=O) groups is 2. The molecule has 4 nitrogen and oxygen atoms in total. The third-order valence-corrected chi connectivity index (χ3v) is 1.63. The minimum Gasteiger partial charge on any atom is -0.475 e. The Bertz CT molecular complexity index is 331. The van der Waals surface area contributed by atoms with E-state index in [0.29, 0.717) is 0 Å². The van der Waals surface area contributed by atoms with Crippen LogP contribution in [0.3, 0.4) is 0 Å². The summed E-state index contributed by atoms with van der Waals surface area (Å²) in [5.41, 5.74) is 0.547. The smallest absolute Gasteiger partial charge is 0.475 e. The zero-order chi connectivity index (χ0) is 10.6. The van der Waals surface area contributed by atoms with Gasteiger partial charge in [-0.05, 0) is 11.1 Å². The molecule has 0 fully saturated rings. The topological polar surface area (TPSA) is 52.6 Å². The van der Waals surface area contributed by atoms with Crippen LogP contribution in [0.15, 0.2) is 18.2 Å². The van der Waals surface area contributed by atoms with E-state index in [0.717, 1.165) is 0 Å². The maximum atomic E-state index is 11.1. The summed E-state index contributed by atoms with van der Waals surface area (Å²) in [5, 5.41) is 0. The van der Waals surface area contributed by atoms with Crippen molar-refractivity contribution in [3.8, 4) is 0 Å². The molecule has 0 aliphatic rings. The fourth-order valence-electron chi connectivity index (χ4n) is 0.943. The Morgan fingerprint density at radius 1 is 1.07 bits per heavy atom. The first-order valence-corrected chi connectivity index (χ1v) is 3.87. The second-order valence-electron chi connectivity index (χ2n) is 2.49. The van der Waals surface area contributed by atoms with Crippen molar-refractivity contribution in [3.63, 3.8) is 0 Å². The summed E-state index contributed by atoms with van der Waals surface area (Å²) >= 11 is 0. The van der Waals surface area contributed by atoms with Crippen molar-refractivity contribution in [1.82, 2.24) is 0 Å². The number of benzene rings is 1. The Morgan fingerprint density at radius 2 is 1.47 bits per heavy atom. The minimum atomic E-state index is -0.507. The molecule has 74 valence electrons. The van der Waals surface area contributed by atoms with Crippen LogP contribution in [0.25, 0.3) is 0 Å². The molecule has 0 unspecified atom stereocenters. The first-order chi connectivity index (χ1) is 6.69. The van der Waals surface area contributed by atoms with Crippen LogP contribution in [0.5, 0.6) is 0 Å². The SMILES string of the molecule is COC(=O)c1c[c-]cc(C(=O)OC)c1.[Na+]. The second kappa shape index (κ2) is 6.61. The van der Waals surface area contributed by atoms with Crippen molar-refractivity contribution in [3.05, 3.63) is 35.4 Å². The van der Waals surface area contributed by atoms with E-state index >= 15 is 0 Å². The predicted octanol–water partition coefficient (Wildman–Crippen LogP) is -1.94. The van der Waals surface area contributed by atoms with Crippen LogP contribution < -0.4 is 29.6 Å². The quantitative estimate of drug-likeness (QED) is 0.328. The Kier molecular flexibility index (Phi) is 6.24. The molecule has 0 bridgehead atoms. The molecular weight excluding hydrogens is 207 g/mol. The summed E-state index contributed by atoms with van der Waals surface area (Å²) in [7, 11) is 2.54. The van der Waals surface area contributed by atoms with Crippen molar-refractivity contribution in [2.45, 2.75) is 0 Å². The average molecular weight is 216 g/mol. The van der Waals surface area contributed by atoms with Gasteiger partial charge in [0.25, 0.3) is 11.9 Å². The number of carbonyl (C=O) groups excluding carboxylic acids is 2. The molecule has 0 atom stereocenters. The van der Waals surface area contributed by atoms with Crippen molar-refractivity contribution < 1.29 is 48.6 Å². The first kappa shape index (κ1) is 14.2. The van der Waals surface area contributed by atoms with Crippen LogP contribution in [0.4, 0.5) is 0 Å². The predicted molar refractivity (Wildman–Crippen MR) is 48.0 cm³/mol. The summed E-state index contributed by atoms with van der Waals surface area (Å²) in [6.45, 7) is 0. The number of rotatable bonds is 2. The third kappa shape index (κ3) is 3.66. The van der Waals surface area contributed by atoms with Crippen LogP contribution in [0, 0.1) is 6.07 Å². The Balaban J connectivity index is 0.00000196. The van der Waals surface area contributed by atoms with Gasteiger partial charge in [0.2, 0.25) is 0 Å². The van der Waals surface area contributed by atoms with Crippen molar-refractivity contribution in [2.24, 2.45) is 0 Å². The van der Waals surface area contributed by atoms with E-state index in [4.69, 9.17) is 0 Å². The van der Waals surface area contributed by atoms with Crippen molar-refractivity contribution >= 4 is 11.9 Å². The van der Waals surface area contributed by atoms with E-state index in [-0.39, 0.29) is 40.7 Å². The summed E-state index contributed by atoms with van der Waals surface area (Å²) in [6, 6.07) is 6.94. The number of methoxy groups -OCH3 is 2. The molecular formula is C10H9NaO4. The number of hydrogen-bond acceptors (Lipinski definition) is 4. The van der Waals surface area contributed by atoms with E-state index in [1.165, 1.54) is 32.4 Å². The van der Waals surface area contributed by atoms with Crippen LogP contribution in [0.1, 0.15) is 20.7 Å². The Labute approximate surface area is 110 Å². The van der Waals surface area contributed by atoms with E-state index < -0.39 is 11.9 Å². The maximum Gasteiger partial charge on any atom is 1.00 e. The fraction of sp³-hybridized carbons (Fsp3) is 0.200. The molecule has 0 N–H and O–H groups in total. The van der Waals surface area contributed by atoms with Gasteiger partial charge >= 0.3 is 29.6 Å². The molecule has 0 heterocycles. The van der Waals surface area contributed by atoms with E-state index in [1.54, 1.807) is 0 Å². The first-order valence-electron chi connectivity index (χ1n) is 3.87. The number of esters is 2. The van der Waals surface area contributed by atoms with Crippen molar-refractivity contribution in [2.75, 3.05) is 14.2 Å². The molecule has 1 aromatic carbocycles. The summed E-state index contributed by atoms with van der Waals surface area (Å²) in [4.78, 5) is 22.2. The van der Waals surface area contributed by atoms with Gasteiger partial charge in [-0.1, -0.05) is 0 Å². The molecule has 0 aromatic heterocycles. The third-order valence-electron chi connectivity index (χ3n) is 1.63. The van der Waals surface area contributed by atoms with Gasteiger partial charge in [0, 0.05) is 0 Å². The zero-order valence-electron chi connectivity index (χ0n) is 8.87. The Hall–Kier alpha value is -0.840. The van der Waals surface area contributed by atoms with Crippen LogP contribution in [0.2, 0.25) is 0 Å². The largest absolute Gasteiger partial charge is 1.00 e. The van der Waals surface area contributed by atoms with Gasteiger partial charge in [0.15, 0.2) is 0 Å². The number of hydrogen-bond donors (Lipinski definition) is 0. The number of ether oxygens (including phenoxy) is 2. The van der Waals surface area contributed by atoms with Crippen LogP contribution in [-0.4, -0.2) is 26.2 Å². The molecule has 0 radical (unpaired) electrons. The molecule has 0 spiro atoms. The second-order valence-corrected chi connectivity index (χ2v) is 2.49. The van der Waals surface area contributed by atoms with Crippen molar-refractivity contribution in [1.29, 1.82) is 0 Å². The molecule has 5 heteroatoms. The molecule has 0 amide bonds. The van der Waals surface area contributed by atoms with Gasteiger partial charge in [-0.25, -0.2) is 0 Å². The van der Waals surface area contributed by atoms with Crippen LogP contribution in [-0.2, 0) is 9.47 Å². The molecule has 1 rings (SSSR count). The Morgan fingerprint density at radius 3 is 1.80 bits per heavy atom. The normalized spacial score (nSPS) is 8.67. The molecule has 0 saturated heterocycles. The molecule has 0 saturated carbocycles. The monoisotopic (exact) mass is 216 g/mol. The van der Waals surface area contributed by atoms with Gasteiger partial charge in [-0.2, -0.15) is 18.2 Å². The van der Waals surface area contributed by atoms with E-state index in [1.807, 2.05) is 0 Å². The van der Waals surface area contributed by atoms with E-state index in [9.17, 15) is 9.59 Å². The zero-order valence-corrected chi connectivity index (χ0v) is 10.9. The average Bonchev–Trinajstić information content (AvgIpc) is 2.27. The van der Waals surface area contributed by atoms with Gasteiger partial charge in [0.05, 0.1) is 14.2 Å². The summed E-state index contributed by atoms with van der Waals surface area (Å²) < 4.78 is 8.99. The molecule has 15 heavy (non-hydrogen) atoms. The molecule has 0 aliphatic carbocycles. The van der Waals surface area contributed by atoms with Gasteiger partial charge in [0.1, 0.15) is 0 Å². The summed E-state index contributed by atoms with van der Waals surface area (Å²) in [5.74, 6) is -1.01. The summed E-state index contributed by atoms with van der Waals surface area (Å²) in [6.07, 6.45) is 0. The van der Waals surface area contributed by atoms with E-state index in [2.05, 4.69) is 15.5 Å². The fourth-order valence-corrected chi connectivity index (χ4v) is 0.943. The van der Waals surface area contributed by atoms with Gasteiger partial charge in [-0.3, -0.25) is 9.59 Å². The maximum absolute atomic E-state index is 11.1. The standard InChI is InChI=1S/C10H9O4.Na/c1-13-9(11)7-4-3-5-8(6-7)10(12)14-2;/h4-6H,1-2H3;/q-1;+1. The molecule has 1 aromatic rings. The molecule has 0 aliphatic heterocycles. The van der Waals surface area contributed by atoms with Gasteiger partial charge in [-0.15, -0.1) is 6.07 Å². The van der Waals surface area contributed by atoms with Gasteiger partial charge < -0.3 is 9.47 Å². The van der Waals surface area contributed by atoms with Crippen LogP contribution >= 0.6 is 0 Å². The minimum absolute atomic E-state index is 0.